The molecule has 0 aromatic carbocycles. The van der Waals surface area contributed by atoms with Gasteiger partial charge in [0.2, 0.25) is 0 Å². The van der Waals surface area contributed by atoms with Crippen molar-refractivity contribution in [2.75, 3.05) is 6.54 Å². The van der Waals surface area contributed by atoms with Crippen LogP contribution in [0, 0.1) is 0 Å². The second-order valence-electron chi connectivity index (χ2n) is 4.30. The van der Waals surface area contributed by atoms with Crippen LogP contribution in [0.25, 0.3) is 0 Å². The van der Waals surface area contributed by atoms with E-state index in [1.807, 2.05) is 5.32 Å². The average molecular weight is 233 g/mol. The molecular formula is C10H20N2O4. The van der Waals surface area contributed by atoms with Crippen LogP contribution in [0.3, 0.4) is 0 Å². The van der Waals surface area contributed by atoms with Crippen molar-refractivity contribution in [2.45, 2.75) is 45.2 Å². The molecule has 0 aromatic rings. The van der Waals surface area contributed by atoms with Crippen molar-refractivity contribution >= 4 is 12.1 Å². The van der Waals surface area contributed by atoms with E-state index in [1.165, 1.54) is 0 Å². The van der Waals surface area contributed by atoms with Crippen LogP contribution in [-0.2, 0) is 9.53 Å². The second kappa shape index (κ2) is 6.32. The number of carbonyl (C=O) groups excluding carboxylic acids is 1. The Morgan fingerprint density at radius 2 is 2.12 bits per heavy atom. The highest BCUT2D eigenvalue weighted by Crippen LogP contribution is 2.07. The highest BCUT2D eigenvalue weighted by atomic mass is 16.6. The second-order valence-corrected chi connectivity index (χ2v) is 4.30. The molecular weight excluding hydrogens is 212 g/mol. The zero-order valence-electron chi connectivity index (χ0n) is 10.9. The minimum absolute atomic E-state index is 0.0714. The van der Waals surface area contributed by atoms with Gasteiger partial charge in [-0.05, 0) is 40.2 Å². The Kier molecular flexibility index (Phi) is 5.04. The molecule has 94 valence electrons. The molecule has 16 heavy (non-hydrogen) atoms. The summed E-state index contributed by atoms with van der Waals surface area (Å²) in [7, 11) is 0. The van der Waals surface area contributed by atoms with Gasteiger partial charge in [-0.2, -0.15) is 0 Å². The largest absolute Gasteiger partial charge is 0.480 e. The molecule has 0 radical (unpaired) electrons. The summed E-state index contributed by atoms with van der Waals surface area (Å²) in [4.78, 5) is 22.3. The Labute approximate surface area is 96.5 Å². The fourth-order valence-electron chi connectivity index (χ4n) is 0.929. The third-order valence-electron chi connectivity index (χ3n) is 1.54. The van der Waals surface area contributed by atoms with Crippen molar-refractivity contribution in [3.8, 4) is 0 Å². The zero-order chi connectivity index (χ0) is 13.7. The molecule has 0 aromatic heterocycles. The van der Waals surface area contributed by atoms with E-state index in [-0.39, 0.29) is 13.0 Å². The van der Waals surface area contributed by atoms with Crippen LogP contribution in [0.1, 0.15) is 35.0 Å². The summed E-state index contributed by atoms with van der Waals surface area (Å²) in [5.41, 5.74) is 4.51. The Morgan fingerprint density at radius 1 is 1.56 bits per heavy atom. The summed E-state index contributed by atoms with van der Waals surface area (Å²) >= 11 is 0. The van der Waals surface area contributed by atoms with Crippen molar-refractivity contribution < 1.29 is 20.8 Å². The molecule has 0 saturated heterocycles. The summed E-state index contributed by atoms with van der Waals surface area (Å²) in [6, 6.07) is -2.10. The maximum atomic E-state index is 11.4. The molecule has 0 saturated carbocycles. The Bertz CT molecular complexity index is 291. The number of rotatable bonds is 5. The first-order valence-corrected chi connectivity index (χ1v) is 5.05. The summed E-state index contributed by atoms with van der Waals surface area (Å²) < 4.78 is 12.5. The predicted octanol–water partition coefficient (Wildman–Crippen LogP) is 0.703. The van der Waals surface area contributed by atoms with E-state index in [9.17, 15) is 9.59 Å². The molecule has 0 fully saturated rings. The third-order valence-corrected chi connectivity index (χ3v) is 1.54. The Hall–Kier alpha value is -1.30. The highest BCUT2D eigenvalue weighted by molar-refractivity contribution is 5.79. The van der Waals surface area contributed by atoms with Crippen molar-refractivity contribution in [3.05, 3.63) is 0 Å². The number of aliphatic carboxylic acids is 1. The summed E-state index contributed by atoms with van der Waals surface area (Å²) in [5.74, 6) is -1.43. The molecule has 1 amide bonds. The number of ether oxygens (including phenoxy) is 1. The molecule has 1 atom stereocenters. The van der Waals surface area contributed by atoms with Gasteiger partial charge in [-0.15, -0.1) is 0 Å². The summed E-state index contributed by atoms with van der Waals surface area (Å²) in [6.45, 7) is 5.21. The van der Waals surface area contributed by atoms with E-state index in [2.05, 4.69) is 0 Å². The minimum atomic E-state index is -2.10. The van der Waals surface area contributed by atoms with Gasteiger partial charge < -0.3 is 20.9 Å². The number of amides is 1. The van der Waals surface area contributed by atoms with Crippen LogP contribution in [0.15, 0.2) is 0 Å². The molecule has 6 nitrogen and oxygen atoms in total. The maximum absolute atomic E-state index is 11.4. The van der Waals surface area contributed by atoms with Gasteiger partial charge >= 0.3 is 12.1 Å². The first kappa shape index (κ1) is 12.8. The molecule has 0 spiro atoms. The summed E-state index contributed by atoms with van der Waals surface area (Å²) in [5, 5.41) is 10.9. The Morgan fingerprint density at radius 3 is 2.50 bits per heavy atom. The van der Waals surface area contributed by atoms with Gasteiger partial charge in [0.1, 0.15) is 11.6 Å². The van der Waals surface area contributed by atoms with Gasteiger partial charge in [0.05, 0.1) is 1.37 Å². The summed E-state index contributed by atoms with van der Waals surface area (Å²) in [6.07, 6.45) is -0.671. The van der Waals surface area contributed by atoms with E-state index in [0.717, 1.165) is 0 Å². The van der Waals surface area contributed by atoms with Gasteiger partial charge in [-0.1, -0.05) is 0 Å². The fraction of sp³-hybridized carbons (Fsp3) is 0.800. The normalized spacial score (nSPS) is 15.9. The first-order valence-electron chi connectivity index (χ1n) is 5.55. The topological polar surface area (TPSA) is 102 Å². The van der Waals surface area contributed by atoms with E-state index in [4.69, 9.17) is 16.9 Å². The number of nitrogens with one attached hydrogen (secondary N) is 1. The monoisotopic (exact) mass is 233 g/mol. The lowest BCUT2D eigenvalue weighted by Crippen LogP contribution is -2.43. The fourth-order valence-corrected chi connectivity index (χ4v) is 0.929. The minimum Gasteiger partial charge on any atom is -0.480 e. The van der Waals surface area contributed by atoms with Crippen LogP contribution in [0.4, 0.5) is 4.79 Å². The van der Waals surface area contributed by atoms with E-state index in [1.54, 1.807) is 20.8 Å². The van der Waals surface area contributed by atoms with Crippen molar-refractivity contribution in [1.29, 1.82) is 0 Å². The number of alkyl carbamates (subject to hydrolysis) is 1. The molecule has 0 bridgehead atoms. The molecule has 0 aliphatic rings. The van der Waals surface area contributed by atoms with Crippen LogP contribution in [0.2, 0.25) is 0 Å². The Balaban J connectivity index is 4.55. The number of carboxylic acid groups (broad SMARTS) is 1. The average Bonchev–Trinajstić information content (AvgIpc) is 2.11. The lowest BCUT2D eigenvalue weighted by atomic mass is 10.1. The zero-order valence-corrected chi connectivity index (χ0v) is 9.87. The van der Waals surface area contributed by atoms with E-state index >= 15 is 0 Å². The molecule has 6 heteroatoms. The van der Waals surface area contributed by atoms with Gasteiger partial charge in [-0.25, -0.2) is 9.59 Å². The smallest absolute Gasteiger partial charge is 0.408 e. The van der Waals surface area contributed by atoms with Gasteiger partial charge in [0.25, 0.3) is 0 Å². The van der Waals surface area contributed by atoms with Crippen molar-refractivity contribution in [3.63, 3.8) is 0 Å². The van der Waals surface area contributed by atoms with Gasteiger partial charge in [-0.3, -0.25) is 0 Å². The molecule has 0 rings (SSSR count). The van der Waals surface area contributed by atoms with E-state index in [0.29, 0.717) is 6.42 Å². The number of hydrogen-bond acceptors (Lipinski definition) is 4. The maximum Gasteiger partial charge on any atom is 0.408 e. The highest BCUT2D eigenvalue weighted by Gasteiger charge is 2.23. The quantitative estimate of drug-likeness (QED) is 0.649. The SMILES string of the molecule is [2H][C@@](CCCN)(NC(=O)OC(C)(C)C)C(=O)O. The molecule has 0 aliphatic heterocycles. The van der Waals surface area contributed by atoms with Crippen LogP contribution in [0.5, 0.6) is 0 Å². The van der Waals surface area contributed by atoms with Crippen LogP contribution >= 0.6 is 0 Å². The number of nitrogens with two attached hydrogens (primary N) is 1. The third kappa shape index (κ3) is 7.05. The standard InChI is InChI=1S/C10H20N2O4/c1-10(2,3)16-9(15)12-7(8(13)14)5-4-6-11/h7H,4-6,11H2,1-3H3,(H,12,15)(H,13,14)/t7-/m0/s1/i7D. The number of carbonyl (C=O) groups is 2. The van der Waals surface area contributed by atoms with Gasteiger partial charge in [0.15, 0.2) is 0 Å². The predicted molar refractivity (Wildman–Crippen MR) is 59.1 cm³/mol. The van der Waals surface area contributed by atoms with Gasteiger partial charge in [0, 0.05) is 0 Å². The van der Waals surface area contributed by atoms with Crippen LogP contribution < -0.4 is 11.1 Å². The van der Waals surface area contributed by atoms with Crippen molar-refractivity contribution in [2.24, 2.45) is 5.73 Å². The lowest BCUT2D eigenvalue weighted by Gasteiger charge is -2.21. The molecule has 4 N–H and O–H groups in total. The van der Waals surface area contributed by atoms with Crippen LogP contribution in [-0.4, -0.2) is 35.3 Å². The van der Waals surface area contributed by atoms with Crippen molar-refractivity contribution in [1.82, 2.24) is 5.32 Å². The lowest BCUT2D eigenvalue weighted by molar-refractivity contribution is -0.139. The molecule has 0 aliphatic carbocycles. The van der Waals surface area contributed by atoms with E-state index < -0.39 is 23.7 Å². The molecule has 0 unspecified atom stereocenters. The molecule has 0 heterocycles. The first-order chi connectivity index (χ1) is 7.60. The number of hydrogen-bond donors (Lipinski definition) is 3. The number of carboxylic acids is 1.